The summed E-state index contributed by atoms with van der Waals surface area (Å²) in [6.45, 7) is 4.13. The van der Waals surface area contributed by atoms with E-state index in [9.17, 15) is 0 Å². The normalized spacial score (nSPS) is 15.2. The van der Waals surface area contributed by atoms with Crippen LogP contribution in [0.3, 0.4) is 0 Å². The second kappa shape index (κ2) is 7.21. The Morgan fingerprint density at radius 1 is 0.871 bits per heavy atom. The molecule has 0 bridgehead atoms. The van der Waals surface area contributed by atoms with Crippen molar-refractivity contribution in [1.82, 2.24) is 29.5 Å². The molecule has 1 fully saturated rings. The molecule has 0 aliphatic carbocycles. The molecule has 5 aromatic heterocycles. The number of H-pyrrole nitrogens is 1. The molecule has 1 N–H and O–H groups in total. The van der Waals surface area contributed by atoms with E-state index in [1.807, 2.05) is 41.6 Å². The van der Waals surface area contributed by atoms with Crippen LogP contribution in [-0.4, -0.2) is 62.7 Å². The highest BCUT2D eigenvalue weighted by Gasteiger charge is 2.16. The largest absolute Gasteiger partial charge is 0.354 e. The molecule has 0 amide bonds. The monoisotopic (exact) mass is 409 g/mol. The number of fused-ring (bicyclic) bond motifs is 2. The van der Waals surface area contributed by atoms with Gasteiger partial charge in [0, 0.05) is 73.7 Å². The number of aromatic nitrogens is 5. The molecule has 31 heavy (non-hydrogen) atoms. The van der Waals surface area contributed by atoms with Crippen LogP contribution in [0.2, 0.25) is 0 Å². The Labute approximate surface area is 180 Å². The maximum absolute atomic E-state index is 4.69. The molecule has 0 unspecified atom stereocenters. The number of anilines is 1. The predicted molar refractivity (Wildman–Crippen MR) is 123 cm³/mol. The summed E-state index contributed by atoms with van der Waals surface area (Å²) in [5.41, 5.74) is 6.48. The number of aromatic amines is 1. The first-order valence-corrected chi connectivity index (χ1v) is 10.6. The molecule has 154 valence electrons. The van der Waals surface area contributed by atoms with Crippen LogP contribution in [-0.2, 0) is 0 Å². The van der Waals surface area contributed by atoms with E-state index in [0.29, 0.717) is 0 Å². The molecule has 6 rings (SSSR count). The topological polar surface area (TPSA) is 65.3 Å². The Kier molecular flexibility index (Phi) is 4.21. The van der Waals surface area contributed by atoms with E-state index < -0.39 is 0 Å². The standard InChI is InChI=1S/C24H23N7/c1-29-8-10-30(11-9-29)23-14-17(2-5-25-23)19-13-21-22(16-27-24(21)26-15-19)18-4-7-31-20(12-18)3-6-28-31/h2-7,12-16H,8-11H2,1H3,(H,26,27). The Bertz CT molecular complexity index is 1380. The van der Waals surface area contributed by atoms with Gasteiger partial charge in [-0.15, -0.1) is 0 Å². The fraction of sp³-hybridized carbons (Fsp3) is 0.208. The average Bonchev–Trinajstić information content (AvgIpc) is 3.45. The van der Waals surface area contributed by atoms with Gasteiger partial charge in [0.05, 0.1) is 5.52 Å². The van der Waals surface area contributed by atoms with Crippen molar-refractivity contribution in [3.05, 3.63) is 67.4 Å². The second-order valence-corrected chi connectivity index (χ2v) is 8.13. The van der Waals surface area contributed by atoms with Crippen LogP contribution < -0.4 is 4.90 Å². The van der Waals surface area contributed by atoms with Crippen LogP contribution in [0.4, 0.5) is 5.82 Å². The third-order valence-electron chi connectivity index (χ3n) is 6.15. The number of pyridine rings is 3. The molecule has 0 aromatic carbocycles. The van der Waals surface area contributed by atoms with Crippen molar-refractivity contribution in [3.8, 4) is 22.3 Å². The summed E-state index contributed by atoms with van der Waals surface area (Å²) in [4.78, 5) is 17.4. The van der Waals surface area contributed by atoms with Gasteiger partial charge in [-0.2, -0.15) is 5.10 Å². The zero-order valence-electron chi connectivity index (χ0n) is 17.4. The molecule has 7 nitrogen and oxygen atoms in total. The molecule has 0 atom stereocenters. The number of piperazine rings is 1. The summed E-state index contributed by atoms with van der Waals surface area (Å²) in [7, 11) is 2.17. The van der Waals surface area contributed by atoms with Crippen LogP contribution in [0.15, 0.2) is 67.4 Å². The first kappa shape index (κ1) is 18.1. The first-order valence-electron chi connectivity index (χ1n) is 10.6. The van der Waals surface area contributed by atoms with E-state index in [0.717, 1.165) is 70.8 Å². The van der Waals surface area contributed by atoms with E-state index in [2.05, 4.69) is 62.2 Å². The van der Waals surface area contributed by atoms with Gasteiger partial charge in [0.25, 0.3) is 0 Å². The first-order chi connectivity index (χ1) is 15.2. The lowest BCUT2D eigenvalue weighted by molar-refractivity contribution is 0.312. The molecule has 1 saturated heterocycles. The molecule has 0 saturated carbocycles. The Morgan fingerprint density at radius 2 is 1.77 bits per heavy atom. The molecule has 6 heterocycles. The highest BCUT2D eigenvalue weighted by molar-refractivity contribution is 5.96. The number of likely N-dealkylation sites (N-methyl/N-ethyl adjacent to an activating group) is 1. The average molecular weight is 409 g/mol. The predicted octanol–water partition coefficient (Wildman–Crippen LogP) is 3.69. The summed E-state index contributed by atoms with van der Waals surface area (Å²) in [5.74, 6) is 1.03. The molecule has 1 aliphatic heterocycles. The third-order valence-corrected chi connectivity index (χ3v) is 6.15. The molecule has 7 heteroatoms. The minimum absolute atomic E-state index is 0.889. The van der Waals surface area contributed by atoms with Crippen molar-refractivity contribution >= 4 is 22.4 Å². The van der Waals surface area contributed by atoms with Crippen molar-refractivity contribution in [2.75, 3.05) is 38.1 Å². The van der Waals surface area contributed by atoms with E-state index >= 15 is 0 Å². The SMILES string of the molecule is CN1CCN(c2cc(-c3cnc4[nH]cc(-c5ccn6nccc6c5)c4c3)ccn2)CC1. The van der Waals surface area contributed by atoms with E-state index in [1.54, 1.807) is 0 Å². The van der Waals surface area contributed by atoms with Gasteiger partial charge in [-0.1, -0.05) is 0 Å². The Balaban J connectivity index is 1.39. The van der Waals surface area contributed by atoms with Gasteiger partial charge in [0.15, 0.2) is 0 Å². The van der Waals surface area contributed by atoms with Crippen LogP contribution in [0.25, 0.3) is 38.8 Å². The molecule has 0 spiro atoms. The zero-order chi connectivity index (χ0) is 20.8. The minimum Gasteiger partial charge on any atom is -0.354 e. The van der Waals surface area contributed by atoms with Gasteiger partial charge >= 0.3 is 0 Å². The summed E-state index contributed by atoms with van der Waals surface area (Å²) in [6.07, 6.45) is 9.68. The van der Waals surface area contributed by atoms with Crippen molar-refractivity contribution in [2.24, 2.45) is 0 Å². The van der Waals surface area contributed by atoms with Gasteiger partial charge in [0.1, 0.15) is 11.5 Å². The number of nitrogens with zero attached hydrogens (tertiary/aromatic N) is 6. The fourth-order valence-electron chi connectivity index (χ4n) is 4.30. The van der Waals surface area contributed by atoms with Crippen molar-refractivity contribution in [1.29, 1.82) is 0 Å². The van der Waals surface area contributed by atoms with Crippen molar-refractivity contribution in [2.45, 2.75) is 0 Å². The Morgan fingerprint density at radius 3 is 2.68 bits per heavy atom. The number of nitrogens with one attached hydrogen (secondary N) is 1. The highest BCUT2D eigenvalue weighted by Crippen LogP contribution is 2.32. The summed E-state index contributed by atoms with van der Waals surface area (Å²) in [5, 5.41) is 5.40. The smallest absolute Gasteiger partial charge is 0.137 e. The number of hydrogen-bond acceptors (Lipinski definition) is 5. The fourth-order valence-corrected chi connectivity index (χ4v) is 4.30. The minimum atomic E-state index is 0.889. The second-order valence-electron chi connectivity index (χ2n) is 8.13. The molecule has 1 aliphatic rings. The van der Waals surface area contributed by atoms with Gasteiger partial charge in [-0.05, 0) is 54.6 Å². The zero-order valence-corrected chi connectivity index (χ0v) is 17.4. The van der Waals surface area contributed by atoms with Crippen LogP contribution in [0.5, 0.6) is 0 Å². The Hall–Kier alpha value is -3.71. The number of rotatable bonds is 3. The lowest BCUT2D eigenvalue weighted by atomic mass is 10.0. The van der Waals surface area contributed by atoms with Gasteiger partial charge < -0.3 is 14.8 Å². The maximum Gasteiger partial charge on any atom is 0.137 e. The quantitative estimate of drug-likeness (QED) is 0.492. The van der Waals surface area contributed by atoms with Crippen LogP contribution in [0.1, 0.15) is 0 Å². The number of hydrogen-bond donors (Lipinski definition) is 1. The maximum atomic E-state index is 4.69. The summed E-state index contributed by atoms with van der Waals surface area (Å²) >= 11 is 0. The molecular formula is C24H23N7. The summed E-state index contributed by atoms with van der Waals surface area (Å²) < 4.78 is 1.87. The van der Waals surface area contributed by atoms with E-state index in [-0.39, 0.29) is 0 Å². The van der Waals surface area contributed by atoms with Crippen molar-refractivity contribution in [3.63, 3.8) is 0 Å². The van der Waals surface area contributed by atoms with Gasteiger partial charge in [0.2, 0.25) is 0 Å². The molecular weight excluding hydrogens is 386 g/mol. The van der Waals surface area contributed by atoms with Crippen LogP contribution in [0, 0.1) is 0 Å². The van der Waals surface area contributed by atoms with E-state index in [1.165, 1.54) is 0 Å². The molecule has 0 radical (unpaired) electrons. The van der Waals surface area contributed by atoms with Gasteiger partial charge in [-0.25, -0.2) is 14.5 Å². The third kappa shape index (κ3) is 3.23. The highest BCUT2D eigenvalue weighted by atomic mass is 15.3. The van der Waals surface area contributed by atoms with Gasteiger partial charge in [-0.3, -0.25) is 0 Å². The summed E-state index contributed by atoms with van der Waals surface area (Å²) in [6, 6.07) is 12.7. The lowest BCUT2D eigenvalue weighted by Crippen LogP contribution is -2.44. The van der Waals surface area contributed by atoms with Crippen LogP contribution >= 0.6 is 0 Å². The lowest BCUT2D eigenvalue weighted by Gasteiger charge is -2.33. The molecule has 5 aromatic rings. The van der Waals surface area contributed by atoms with E-state index in [4.69, 9.17) is 4.98 Å². The van der Waals surface area contributed by atoms with Crippen molar-refractivity contribution < 1.29 is 0 Å².